The summed E-state index contributed by atoms with van der Waals surface area (Å²) in [7, 11) is 0. The second-order valence-corrected chi connectivity index (χ2v) is 11.6. The van der Waals surface area contributed by atoms with Crippen LogP contribution in [0, 0.1) is 0 Å². The first kappa shape index (κ1) is 23.1. The molecule has 0 amide bonds. The zero-order valence-electron chi connectivity index (χ0n) is 17.3. The molecular weight excluding hydrogens is 475 g/mol. The number of para-hydroxylation sites is 1. The first-order valence-corrected chi connectivity index (χ1v) is 12.9. The number of aromatic nitrogens is 2. The number of halogens is 2. The average Bonchev–Trinajstić information content (AvgIpc) is 3.35. The molecule has 2 atom stereocenters. The lowest BCUT2D eigenvalue weighted by atomic mass is 9.88. The van der Waals surface area contributed by atoms with Crippen LogP contribution >= 0.6 is 34.5 Å². The maximum Gasteiger partial charge on any atom is 0.312 e. The molecule has 9 heteroatoms. The van der Waals surface area contributed by atoms with Crippen molar-refractivity contribution >= 4 is 46.0 Å². The number of aliphatic hydroxyl groups is 1. The van der Waals surface area contributed by atoms with E-state index in [1.807, 2.05) is 12.1 Å². The highest BCUT2D eigenvalue weighted by Gasteiger charge is 2.36. The van der Waals surface area contributed by atoms with Gasteiger partial charge in [-0.1, -0.05) is 29.3 Å². The van der Waals surface area contributed by atoms with Gasteiger partial charge in [-0.25, -0.2) is 4.68 Å². The highest BCUT2D eigenvalue weighted by molar-refractivity contribution is 7.86. The number of hydrogen-bond donors (Lipinski definition) is 3. The van der Waals surface area contributed by atoms with Crippen molar-refractivity contribution in [3.63, 3.8) is 0 Å². The number of rotatable bonds is 5. The largest absolute Gasteiger partial charge is 0.384 e. The van der Waals surface area contributed by atoms with Gasteiger partial charge in [0.05, 0.1) is 26.3 Å². The Morgan fingerprint density at radius 2 is 1.84 bits per heavy atom. The molecule has 0 radical (unpaired) electrons. The minimum atomic E-state index is -1.53. The van der Waals surface area contributed by atoms with Crippen molar-refractivity contribution in [1.82, 2.24) is 9.78 Å². The summed E-state index contributed by atoms with van der Waals surface area (Å²) >= 11 is 13.1. The van der Waals surface area contributed by atoms with Gasteiger partial charge >= 0.3 is 11.5 Å². The number of thiophene rings is 1. The Hall–Kier alpha value is -1.06. The van der Waals surface area contributed by atoms with E-state index in [1.165, 1.54) is 4.88 Å². The van der Waals surface area contributed by atoms with E-state index in [0.717, 1.165) is 36.3 Å². The monoisotopic (exact) mass is 499 g/mol. The molecule has 2 aromatic heterocycles. The predicted octanol–water partition coefficient (Wildman–Crippen LogP) is 6.73. The Morgan fingerprint density at radius 1 is 1.13 bits per heavy atom. The zero-order chi connectivity index (χ0) is 22.3. The first-order chi connectivity index (χ1) is 14.6. The lowest BCUT2D eigenvalue weighted by Crippen LogP contribution is -2.26. The van der Waals surface area contributed by atoms with Gasteiger partial charge in [-0.05, 0) is 62.9 Å². The van der Waals surface area contributed by atoms with E-state index in [0.29, 0.717) is 27.3 Å². The molecule has 3 N–H and O–H groups in total. The summed E-state index contributed by atoms with van der Waals surface area (Å²) in [5.41, 5.74) is 0.784. The van der Waals surface area contributed by atoms with E-state index in [4.69, 9.17) is 23.2 Å². The fourth-order valence-corrected chi connectivity index (χ4v) is 6.52. The molecule has 1 fully saturated rings. The summed E-state index contributed by atoms with van der Waals surface area (Å²) in [6.07, 6.45) is 3.67. The molecule has 5 nitrogen and oxygen atoms in total. The van der Waals surface area contributed by atoms with Crippen molar-refractivity contribution in [3.8, 4) is 16.3 Å². The average molecular weight is 500 g/mol. The topological polar surface area (TPSA) is 78.5 Å². The molecular formula is C22H25Cl2N2O3S2+. The molecule has 0 saturated heterocycles. The van der Waals surface area contributed by atoms with E-state index in [-0.39, 0.29) is 5.25 Å². The third kappa shape index (κ3) is 4.83. The van der Waals surface area contributed by atoms with E-state index in [9.17, 15) is 14.2 Å². The molecule has 1 aromatic carbocycles. The molecule has 166 valence electrons. The second kappa shape index (κ2) is 9.06. The minimum Gasteiger partial charge on any atom is -0.384 e. The molecule has 1 aliphatic rings. The molecule has 2 unspecified atom stereocenters. The van der Waals surface area contributed by atoms with Gasteiger partial charge < -0.3 is 5.11 Å². The third-order valence-electron chi connectivity index (χ3n) is 5.69. The Kier molecular flexibility index (Phi) is 6.75. The Labute approximate surface area is 199 Å². The molecule has 0 bridgehead atoms. The summed E-state index contributed by atoms with van der Waals surface area (Å²) in [6.45, 7) is 3.39. The van der Waals surface area contributed by atoms with Gasteiger partial charge in [-0.2, -0.15) is 14.2 Å². The van der Waals surface area contributed by atoms with Crippen LogP contribution in [0.3, 0.4) is 0 Å². The summed E-state index contributed by atoms with van der Waals surface area (Å²) in [5, 5.41) is 16.1. The van der Waals surface area contributed by atoms with Crippen LogP contribution in [0.25, 0.3) is 16.3 Å². The number of benzene rings is 1. The molecule has 1 saturated carbocycles. The summed E-state index contributed by atoms with van der Waals surface area (Å²) in [5.74, 6) is 0.306. The Balaban J connectivity index is 1.76. The fraction of sp³-hybridized carbons (Fsp3) is 0.409. The van der Waals surface area contributed by atoms with Gasteiger partial charge in [0.1, 0.15) is 11.3 Å². The molecule has 2 heterocycles. The SMILES string of the molecule is CC(C)(O)c1cc(-c2ccc(C3CCCC([S+](O)O)C3)s2)n(-c2c(Cl)cccc2Cl)n1. The van der Waals surface area contributed by atoms with Crippen molar-refractivity contribution in [2.75, 3.05) is 0 Å². The van der Waals surface area contributed by atoms with Crippen LogP contribution in [-0.4, -0.2) is 29.2 Å². The fourth-order valence-electron chi connectivity index (χ4n) is 4.02. The van der Waals surface area contributed by atoms with Gasteiger partial charge in [0.25, 0.3) is 0 Å². The van der Waals surface area contributed by atoms with Crippen LogP contribution in [0.15, 0.2) is 36.4 Å². The maximum absolute atomic E-state index is 10.6. The normalized spacial score (nSPS) is 19.9. The number of nitrogens with zero attached hydrogens (tertiary/aromatic N) is 2. The third-order valence-corrected chi connectivity index (χ3v) is 8.60. The van der Waals surface area contributed by atoms with Crippen LogP contribution in [0.1, 0.15) is 56.0 Å². The minimum absolute atomic E-state index is 0.0569. The summed E-state index contributed by atoms with van der Waals surface area (Å²) in [6, 6.07) is 11.3. The van der Waals surface area contributed by atoms with Crippen molar-refractivity contribution in [2.24, 2.45) is 0 Å². The second-order valence-electron chi connectivity index (χ2n) is 8.44. The van der Waals surface area contributed by atoms with Gasteiger partial charge in [-0.15, -0.1) is 11.3 Å². The van der Waals surface area contributed by atoms with Crippen molar-refractivity contribution in [1.29, 1.82) is 0 Å². The molecule has 3 aromatic rings. The lowest BCUT2D eigenvalue weighted by Gasteiger charge is -2.23. The van der Waals surface area contributed by atoms with Crippen molar-refractivity contribution in [3.05, 3.63) is 57.0 Å². The lowest BCUT2D eigenvalue weighted by molar-refractivity contribution is 0.0734. The quantitative estimate of drug-likeness (QED) is 0.340. The molecule has 4 rings (SSSR count). The number of hydrogen-bond acceptors (Lipinski definition) is 5. The van der Waals surface area contributed by atoms with Gasteiger partial charge in [-0.3, -0.25) is 0 Å². The smallest absolute Gasteiger partial charge is 0.312 e. The molecule has 1 aliphatic carbocycles. The van der Waals surface area contributed by atoms with E-state index in [2.05, 4.69) is 11.2 Å². The van der Waals surface area contributed by atoms with E-state index < -0.39 is 17.1 Å². The predicted molar refractivity (Wildman–Crippen MR) is 130 cm³/mol. The van der Waals surface area contributed by atoms with Crippen LogP contribution in [0.4, 0.5) is 0 Å². The maximum atomic E-state index is 10.6. The van der Waals surface area contributed by atoms with E-state index >= 15 is 0 Å². The van der Waals surface area contributed by atoms with Crippen molar-refractivity contribution in [2.45, 2.75) is 56.3 Å². The van der Waals surface area contributed by atoms with Crippen LogP contribution in [0.5, 0.6) is 0 Å². The zero-order valence-corrected chi connectivity index (χ0v) is 20.4. The Morgan fingerprint density at radius 3 is 2.48 bits per heavy atom. The Bertz CT molecular complexity index is 1050. The van der Waals surface area contributed by atoms with E-state index in [1.54, 1.807) is 48.1 Å². The van der Waals surface area contributed by atoms with Crippen LogP contribution < -0.4 is 0 Å². The van der Waals surface area contributed by atoms with Crippen LogP contribution in [-0.2, 0) is 17.1 Å². The molecule has 0 aliphatic heterocycles. The van der Waals surface area contributed by atoms with Gasteiger partial charge in [0, 0.05) is 17.7 Å². The first-order valence-electron chi connectivity index (χ1n) is 10.1. The summed E-state index contributed by atoms with van der Waals surface area (Å²) in [4.78, 5) is 2.20. The highest BCUT2D eigenvalue weighted by Crippen LogP contribution is 2.42. The summed E-state index contributed by atoms with van der Waals surface area (Å²) < 4.78 is 21.0. The molecule has 31 heavy (non-hydrogen) atoms. The van der Waals surface area contributed by atoms with Gasteiger partial charge in [0.15, 0.2) is 5.25 Å². The van der Waals surface area contributed by atoms with Crippen LogP contribution in [0.2, 0.25) is 10.0 Å². The standard InChI is InChI=1S/C22H25Cl2N2O3S2/c1-22(2,27)20-12-17(26(25-20)21-15(23)7-4-8-16(21)24)19-10-9-18(30-19)13-5-3-6-14(11-13)31(28)29/h4,7-10,12-14,27-29H,3,5-6,11H2,1-2H3/q+1. The highest BCUT2D eigenvalue weighted by atomic mass is 35.5. The van der Waals surface area contributed by atoms with Gasteiger partial charge in [0.2, 0.25) is 0 Å². The van der Waals surface area contributed by atoms with Crippen molar-refractivity contribution < 1.29 is 14.2 Å². The molecule has 0 spiro atoms.